The van der Waals surface area contributed by atoms with E-state index in [4.69, 9.17) is 9.72 Å². The molecule has 1 aromatic carbocycles. The third kappa shape index (κ3) is 4.79. The molecule has 1 fully saturated rings. The van der Waals surface area contributed by atoms with Crippen LogP contribution >= 0.6 is 11.3 Å². The molecule has 0 radical (unpaired) electrons. The Bertz CT molecular complexity index is 856. The molecule has 0 unspecified atom stereocenters. The van der Waals surface area contributed by atoms with E-state index in [-0.39, 0.29) is 0 Å². The molecular weight excluding hydrogens is 354 g/mol. The van der Waals surface area contributed by atoms with Gasteiger partial charge in [0, 0.05) is 12.1 Å². The van der Waals surface area contributed by atoms with E-state index >= 15 is 0 Å². The van der Waals surface area contributed by atoms with Gasteiger partial charge in [0.2, 0.25) is 0 Å². The fourth-order valence-electron chi connectivity index (χ4n) is 3.36. The van der Waals surface area contributed by atoms with Gasteiger partial charge in [-0.15, -0.1) is 11.3 Å². The lowest BCUT2D eigenvalue weighted by Gasteiger charge is -2.23. The number of piperidine rings is 1. The van der Waals surface area contributed by atoms with E-state index in [1.807, 2.05) is 32.0 Å². The van der Waals surface area contributed by atoms with Crippen molar-refractivity contribution in [3.8, 4) is 17.0 Å². The highest BCUT2D eigenvalue weighted by Gasteiger charge is 2.14. The molecule has 0 spiro atoms. The number of rotatable bonds is 5. The van der Waals surface area contributed by atoms with Crippen LogP contribution in [0.5, 0.6) is 5.75 Å². The zero-order chi connectivity index (χ0) is 19.1. The molecule has 0 saturated carbocycles. The molecule has 27 heavy (non-hydrogen) atoms. The van der Waals surface area contributed by atoms with Crippen molar-refractivity contribution in [1.82, 2.24) is 10.3 Å². The van der Waals surface area contributed by atoms with E-state index in [1.54, 1.807) is 18.4 Å². The molecule has 4 nitrogen and oxygen atoms in total. The normalized spacial score (nSPS) is 14.5. The zero-order valence-corrected chi connectivity index (χ0v) is 17.2. The number of ether oxygens (including phenoxy) is 1. The summed E-state index contributed by atoms with van der Waals surface area (Å²) in [6.07, 6.45) is 2.49. The number of aromatic nitrogens is 1. The Morgan fingerprint density at radius 1 is 1.19 bits per heavy atom. The number of thiophene rings is 1. The third-order valence-corrected chi connectivity index (χ3v) is 5.75. The van der Waals surface area contributed by atoms with Crippen LogP contribution in [0, 0.1) is 5.92 Å². The Kier molecular flexibility index (Phi) is 7.07. The van der Waals surface area contributed by atoms with Crippen molar-refractivity contribution >= 4 is 27.2 Å². The highest BCUT2D eigenvalue weighted by Crippen LogP contribution is 2.33. The van der Waals surface area contributed by atoms with Gasteiger partial charge in [0.1, 0.15) is 5.75 Å². The van der Waals surface area contributed by atoms with E-state index in [2.05, 4.69) is 34.2 Å². The summed E-state index contributed by atoms with van der Waals surface area (Å²) in [4.78, 5) is 4.84. The molecule has 2 aromatic heterocycles. The standard InChI is InChI=1S/C20H23N3OS.C2H6/c1-24-16-4-2-3-15(11-16)18-12-19(20-17(23-18)7-10-25-20)22-13-14-5-8-21-9-6-14;1-2/h2-4,7,10-12,14,21H,5-6,8-9,13H2,1H3,(H,22,23);1-2H3. The van der Waals surface area contributed by atoms with E-state index in [0.717, 1.165) is 48.1 Å². The second-order valence-electron chi connectivity index (χ2n) is 6.50. The van der Waals surface area contributed by atoms with Gasteiger partial charge in [0.15, 0.2) is 0 Å². The summed E-state index contributed by atoms with van der Waals surface area (Å²) >= 11 is 1.75. The van der Waals surface area contributed by atoms with Gasteiger partial charge in [0.25, 0.3) is 0 Å². The van der Waals surface area contributed by atoms with Gasteiger partial charge >= 0.3 is 0 Å². The lowest BCUT2D eigenvalue weighted by molar-refractivity contribution is 0.390. The average Bonchev–Trinajstić information content (AvgIpc) is 3.23. The predicted molar refractivity (Wildman–Crippen MR) is 117 cm³/mol. The highest BCUT2D eigenvalue weighted by molar-refractivity contribution is 7.17. The van der Waals surface area contributed by atoms with Crippen LogP contribution < -0.4 is 15.4 Å². The summed E-state index contributed by atoms with van der Waals surface area (Å²) in [5.41, 5.74) is 4.31. The maximum Gasteiger partial charge on any atom is 0.119 e. The highest BCUT2D eigenvalue weighted by atomic mass is 32.1. The lowest BCUT2D eigenvalue weighted by atomic mass is 9.98. The van der Waals surface area contributed by atoms with Crippen LogP contribution in [0.3, 0.4) is 0 Å². The van der Waals surface area contributed by atoms with E-state index in [1.165, 1.54) is 23.2 Å². The van der Waals surface area contributed by atoms with Gasteiger partial charge in [-0.3, -0.25) is 0 Å². The first-order valence-electron chi connectivity index (χ1n) is 9.81. The summed E-state index contributed by atoms with van der Waals surface area (Å²) < 4.78 is 6.60. The monoisotopic (exact) mass is 383 g/mol. The number of nitrogens with zero attached hydrogens (tertiary/aromatic N) is 1. The molecule has 144 valence electrons. The number of hydrogen-bond acceptors (Lipinski definition) is 5. The van der Waals surface area contributed by atoms with E-state index < -0.39 is 0 Å². The molecule has 4 rings (SSSR count). The molecule has 1 aliphatic rings. The Morgan fingerprint density at radius 3 is 2.78 bits per heavy atom. The van der Waals surface area contributed by atoms with Crippen molar-refractivity contribution in [3.63, 3.8) is 0 Å². The molecule has 3 heterocycles. The molecule has 3 aromatic rings. The fraction of sp³-hybridized carbons (Fsp3) is 0.409. The number of hydrogen-bond donors (Lipinski definition) is 2. The van der Waals surface area contributed by atoms with Crippen molar-refractivity contribution in [3.05, 3.63) is 41.8 Å². The fourth-order valence-corrected chi connectivity index (χ4v) is 4.18. The molecular formula is C22H29N3OS. The molecule has 0 atom stereocenters. The Balaban J connectivity index is 0.00000102. The first-order valence-corrected chi connectivity index (χ1v) is 10.7. The summed E-state index contributed by atoms with van der Waals surface area (Å²) in [5.74, 6) is 1.60. The summed E-state index contributed by atoms with van der Waals surface area (Å²) in [7, 11) is 1.70. The second-order valence-corrected chi connectivity index (χ2v) is 7.41. The van der Waals surface area contributed by atoms with Crippen LogP contribution in [-0.4, -0.2) is 31.7 Å². The smallest absolute Gasteiger partial charge is 0.119 e. The van der Waals surface area contributed by atoms with Crippen LogP contribution in [0.4, 0.5) is 5.69 Å². The van der Waals surface area contributed by atoms with Gasteiger partial charge in [0.05, 0.1) is 28.7 Å². The predicted octanol–water partition coefficient (Wildman–Crippen LogP) is 5.41. The number of nitrogens with one attached hydrogen (secondary N) is 2. The number of pyridine rings is 1. The molecule has 0 aliphatic carbocycles. The van der Waals surface area contributed by atoms with Crippen LogP contribution in [-0.2, 0) is 0 Å². The molecule has 2 N–H and O–H groups in total. The number of fused-ring (bicyclic) bond motifs is 1. The lowest BCUT2D eigenvalue weighted by Crippen LogP contribution is -2.31. The summed E-state index contributed by atoms with van der Waals surface area (Å²) in [6.45, 7) is 7.29. The number of benzene rings is 1. The molecule has 5 heteroatoms. The maximum absolute atomic E-state index is 5.36. The largest absolute Gasteiger partial charge is 0.497 e. The van der Waals surface area contributed by atoms with Crippen molar-refractivity contribution in [1.29, 1.82) is 0 Å². The topological polar surface area (TPSA) is 46.2 Å². The SMILES string of the molecule is CC.COc1cccc(-c2cc(NCC3CCNCC3)c3sccc3n2)c1. The Labute approximate surface area is 166 Å². The van der Waals surface area contributed by atoms with Crippen LogP contribution in [0.25, 0.3) is 21.5 Å². The zero-order valence-electron chi connectivity index (χ0n) is 16.4. The van der Waals surface area contributed by atoms with Crippen molar-refractivity contribution in [2.24, 2.45) is 5.92 Å². The quantitative estimate of drug-likeness (QED) is 0.618. The van der Waals surface area contributed by atoms with E-state index in [0.29, 0.717) is 0 Å². The minimum atomic E-state index is 0.740. The first-order chi connectivity index (χ1) is 13.3. The van der Waals surface area contributed by atoms with Crippen molar-refractivity contribution in [2.45, 2.75) is 26.7 Å². The van der Waals surface area contributed by atoms with E-state index in [9.17, 15) is 0 Å². The van der Waals surface area contributed by atoms with Crippen molar-refractivity contribution < 1.29 is 4.74 Å². The van der Waals surface area contributed by atoms with Gasteiger partial charge in [-0.05, 0) is 61.5 Å². The van der Waals surface area contributed by atoms with Crippen LogP contribution in [0.2, 0.25) is 0 Å². The minimum absolute atomic E-state index is 0.740. The molecule has 0 amide bonds. The number of anilines is 1. The molecule has 1 saturated heterocycles. The van der Waals surface area contributed by atoms with Gasteiger partial charge in [-0.2, -0.15) is 0 Å². The van der Waals surface area contributed by atoms with Gasteiger partial charge < -0.3 is 15.4 Å². The first kappa shape index (κ1) is 19.6. The molecule has 1 aliphatic heterocycles. The maximum atomic E-state index is 5.36. The Hall–Kier alpha value is -2.11. The summed E-state index contributed by atoms with van der Waals surface area (Å²) in [6, 6.07) is 12.4. The van der Waals surface area contributed by atoms with Crippen LogP contribution in [0.15, 0.2) is 41.8 Å². The Morgan fingerprint density at radius 2 is 2.00 bits per heavy atom. The second kappa shape index (κ2) is 9.72. The van der Waals surface area contributed by atoms with Gasteiger partial charge in [-0.25, -0.2) is 4.98 Å². The van der Waals surface area contributed by atoms with Crippen molar-refractivity contribution in [2.75, 3.05) is 32.1 Å². The number of methoxy groups -OCH3 is 1. The third-order valence-electron chi connectivity index (χ3n) is 4.82. The van der Waals surface area contributed by atoms with Gasteiger partial charge in [-0.1, -0.05) is 26.0 Å². The summed E-state index contributed by atoms with van der Waals surface area (Å²) in [5, 5.41) is 9.24. The van der Waals surface area contributed by atoms with Crippen LogP contribution in [0.1, 0.15) is 26.7 Å². The average molecular weight is 384 g/mol. The molecule has 0 bridgehead atoms. The minimum Gasteiger partial charge on any atom is -0.497 e.